The van der Waals surface area contributed by atoms with Crippen molar-refractivity contribution in [2.75, 3.05) is 16.7 Å². The number of carbonyl (C=O) groups excluding carboxylic acids is 1. The van der Waals surface area contributed by atoms with Crippen LogP contribution in [0.25, 0.3) is 11.1 Å². The average Bonchev–Trinajstić information content (AvgIpc) is 2.92. The molecule has 0 spiro atoms. The van der Waals surface area contributed by atoms with Crippen molar-refractivity contribution in [1.82, 2.24) is 4.57 Å². The van der Waals surface area contributed by atoms with E-state index in [1.54, 1.807) is 38.4 Å². The molecule has 8 nitrogen and oxygen atoms in total. The van der Waals surface area contributed by atoms with Gasteiger partial charge in [-0.1, -0.05) is 0 Å². The van der Waals surface area contributed by atoms with Crippen molar-refractivity contribution in [1.29, 1.82) is 0 Å². The van der Waals surface area contributed by atoms with Gasteiger partial charge >= 0.3 is 5.76 Å². The van der Waals surface area contributed by atoms with E-state index in [0.29, 0.717) is 29.6 Å². The summed E-state index contributed by atoms with van der Waals surface area (Å²) in [6.45, 7) is 0. The van der Waals surface area contributed by atoms with E-state index in [2.05, 4.69) is 4.72 Å². The molecule has 0 radical (unpaired) electrons. The predicted molar refractivity (Wildman–Crippen MR) is 100 cm³/mol. The van der Waals surface area contributed by atoms with Crippen molar-refractivity contribution in [2.45, 2.75) is 17.7 Å². The number of nitrogens with zero attached hydrogens (tertiary/aromatic N) is 2. The normalized spacial score (nSPS) is 14.4. The number of rotatable bonds is 3. The Balaban J connectivity index is 1.69. The maximum absolute atomic E-state index is 12.8. The first-order valence-corrected chi connectivity index (χ1v) is 9.76. The summed E-state index contributed by atoms with van der Waals surface area (Å²) in [5.41, 5.74) is 2.73. The Bertz CT molecular complexity index is 1240. The van der Waals surface area contributed by atoms with Crippen molar-refractivity contribution in [3.8, 4) is 0 Å². The molecule has 4 rings (SSSR count). The number of sulfonamides is 1. The monoisotopic (exact) mass is 387 g/mol. The maximum atomic E-state index is 12.8. The number of amides is 1. The Kier molecular flexibility index (Phi) is 3.84. The number of benzene rings is 2. The largest absolute Gasteiger partial charge is 0.419 e. The molecule has 3 aromatic rings. The molecule has 140 valence electrons. The van der Waals surface area contributed by atoms with Crippen molar-refractivity contribution < 1.29 is 17.6 Å². The standard InChI is InChI=1S/C18H17N3O5S/c1-20-14-6-5-13(9-11(14)3-8-17(20)22)27(24,25)19-12-4-7-16-15(10-12)21(2)18(23)26-16/h4-7,9-10,19H,3,8H2,1-2H3. The highest BCUT2D eigenvalue weighted by Gasteiger charge is 2.23. The number of anilines is 2. The van der Waals surface area contributed by atoms with Crippen LogP contribution in [0.4, 0.5) is 11.4 Å². The molecule has 2 heterocycles. The van der Waals surface area contributed by atoms with Crippen LogP contribution >= 0.6 is 0 Å². The van der Waals surface area contributed by atoms with Gasteiger partial charge in [0.2, 0.25) is 5.91 Å². The molecule has 2 aromatic carbocycles. The molecule has 0 saturated heterocycles. The van der Waals surface area contributed by atoms with Crippen molar-refractivity contribution >= 4 is 38.4 Å². The zero-order chi connectivity index (χ0) is 19.3. The zero-order valence-corrected chi connectivity index (χ0v) is 15.5. The SMILES string of the molecule is CN1C(=O)CCc2cc(S(=O)(=O)Nc3ccc4oc(=O)n(C)c4c3)ccc21. The van der Waals surface area contributed by atoms with E-state index in [1.807, 2.05) is 0 Å². The van der Waals surface area contributed by atoms with Crippen molar-refractivity contribution in [3.63, 3.8) is 0 Å². The number of carbonyl (C=O) groups is 1. The van der Waals surface area contributed by atoms with Crippen LogP contribution in [-0.4, -0.2) is 25.9 Å². The molecule has 1 aromatic heterocycles. The van der Waals surface area contributed by atoms with Crippen LogP contribution in [-0.2, 0) is 28.3 Å². The molecule has 0 aliphatic carbocycles. The van der Waals surface area contributed by atoms with E-state index >= 15 is 0 Å². The minimum Gasteiger partial charge on any atom is -0.408 e. The van der Waals surface area contributed by atoms with E-state index in [9.17, 15) is 18.0 Å². The average molecular weight is 387 g/mol. The summed E-state index contributed by atoms with van der Waals surface area (Å²) in [6, 6.07) is 9.33. The number of fused-ring (bicyclic) bond motifs is 2. The lowest BCUT2D eigenvalue weighted by Crippen LogP contribution is -2.31. The van der Waals surface area contributed by atoms with Crippen LogP contribution in [0, 0.1) is 0 Å². The third-order valence-electron chi connectivity index (χ3n) is 4.75. The highest BCUT2D eigenvalue weighted by atomic mass is 32.2. The fourth-order valence-electron chi connectivity index (χ4n) is 3.20. The summed E-state index contributed by atoms with van der Waals surface area (Å²) in [7, 11) is -0.597. The van der Waals surface area contributed by atoms with Gasteiger partial charge in [-0.2, -0.15) is 0 Å². The van der Waals surface area contributed by atoms with Gasteiger partial charge in [0.1, 0.15) is 0 Å². The Labute approximate surface area is 155 Å². The highest BCUT2D eigenvalue weighted by molar-refractivity contribution is 7.92. The fourth-order valence-corrected chi connectivity index (χ4v) is 4.30. The Hall–Kier alpha value is -3.07. The molecular weight excluding hydrogens is 370 g/mol. The topological polar surface area (TPSA) is 102 Å². The van der Waals surface area contributed by atoms with E-state index in [4.69, 9.17) is 4.42 Å². The summed E-state index contributed by atoms with van der Waals surface area (Å²) in [5.74, 6) is -0.506. The molecule has 1 N–H and O–H groups in total. The lowest BCUT2D eigenvalue weighted by Gasteiger charge is -2.26. The highest BCUT2D eigenvalue weighted by Crippen LogP contribution is 2.30. The second-order valence-corrected chi connectivity index (χ2v) is 8.14. The van der Waals surface area contributed by atoms with Crippen LogP contribution in [0.2, 0.25) is 0 Å². The maximum Gasteiger partial charge on any atom is 0.419 e. The molecule has 1 aliphatic heterocycles. The Morgan fingerprint density at radius 1 is 1.04 bits per heavy atom. The van der Waals surface area contributed by atoms with Gasteiger partial charge in [-0.25, -0.2) is 13.2 Å². The first-order valence-electron chi connectivity index (χ1n) is 8.28. The summed E-state index contributed by atoms with van der Waals surface area (Å²) >= 11 is 0. The zero-order valence-electron chi connectivity index (χ0n) is 14.7. The number of oxazole rings is 1. The molecule has 0 fully saturated rings. The molecule has 1 amide bonds. The first kappa shape index (κ1) is 17.3. The van der Waals surface area contributed by atoms with Crippen molar-refractivity contribution in [2.24, 2.45) is 7.05 Å². The van der Waals surface area contributed by atoms with Gasteiger partial charge in [0.05, 0.1) is 16.1 Å². The smallest absolute Gasteiger partial charge is 0.408 e. The minimum absolute atomic E-state index is 0.00950. The molecule has 0 unspecified atom stereocenters. The predicted octanol–water partition coefficient (Wildman–Crippen LogP) is 1.84. The number of aryl methyl sites for hydroxylation is 2. The van der Waals surface area contributed by atoms with E-state index in [-0.39, 0.29) is 10.8 Å². The molecule has 0 bridgehead atoms. The van der Waals surface area contributed by atoms with Crippen LogP contribution in [0.1, 0.15) is 12.0 Å². The number of hydrogen-bond donors (Lipinski definition) is 1. The summed E-state index contributed by atoms with van der Waals surface area (Å²) in [6.07, 6.45) is 0.858. The summed E-state index contributed by atoms with van der Waals surface area (Å²) in [4.78, 5) is 25.0. The van der Waals surface area contributed by atoms with Gasteiger partial charge in [0.25, 0.3) is 10.0 Å². The van der Waals surface area contributed by atoms with E-state index in [1.165, 1.54) is 21.6 Å². The third-order valence-corrected chi connectivity index (χ3v) is 6.13. The van der Waals surface area contributed by atoms with Crippen LogP contribution in [0.3, 0.4) is 0 Å². The van der Waals surface area contributed by atoms with Gasteiger partial charge in [0, 0.05) is 26.2 Å². The molecule has 0 atom stereocenters. The lowest BCUT2D eigenvalue weighted by molar-refractivity contribution is -0.118. The second-order valence-electron chi connectivity index (χ2n) is 6.46. The molecule has 0 saturated carbocycles. The second kappa shape index (κ2) is 5.98. The van der Waals surface area contributed by atoms with Gasteiger partial charge in [0.15, 0.2) is 5.58 Å². The number of nitrogens with one attached hydrogen (secondary N) is 1. The van der Waals surface area contributed by atoms with Gasteiger partial charge in [-0.05, 0) is 48.4 Å². The minimum atomic E-state index is -3.82. The van der Waals surface area contributed by atoms with Gasteiger partial charge in [-0.3, -0.25) is 14.1 Å². The van der Waals surface area contributed by atoms with Crippen LogP contribution < -0.4 is 15.4 Å². The third kappa shape index (κ3) is 2.89. The van der Waals surface area contributed by atoms with E-state index < -0.39 is 15.8 Å². The van der Waals surface area contributed by atoms with Gasteiger partial charge < -0.3 is 9.32 Å². The number of hydrogen-bond acceptors (Lipinski definition) is 5. The molecule has 9 heteroatoms. The fraction of sp³-hybridized carbons (Fsp3) is 0.222. The summed E-state index contributed by atoms with van der Waals surface area (Å²) in [5, 5.41) is 0. The van der Waals surface area contributed by atoms with Crippen molar-refractivity contribution in [3.05, 3.63) is 52.5 Å². The van der Waals surface area contributed by atoms with Crippen LogP contribution in [0.15, 0.2) is 50.5 Å². The van der Waals surface area contributed by atoms with Gasteiger partial charge in [-0.15, -0.1) is 0 Å². The van der Waals surface area contributed by atoms with E-state index in [0.717, 1.165) is 11.3 Å². The quantitative estimate of drug-likeness (QED) is 0.739. The summed E-state index contributed by atoms with van der Waals surface area (Å²) < 4.78 is 34.4. The lowest BCUT2D eigenvalue weighted by atomic mass is 10.0. The van der Waals surface area contributed by atoms with Crippen LogP contribution in [0.5, 0.6) is 0 Å². The number of aromatic nitrogens is 1. The molecular formula is C18H17N3O5S. The molecule has 27 heavy (non-hydrogen) atoms. The Morgan fingerprint density at radius 3 is 2.59 bits per heavy atom. The Morgan fingerprint density at radius 2 is 1.81 bits per heavy atom. The first-order chi connectivity index (χ1) is 12.8. The molecule has 1 aliphatic rings.